The van der Waals surface area contributed by atoms with Gasteiger partial charge in [0.15, 0.2) is 0 Å². The van der Waals surface area contributed by atoms with E-state index in [4.69, 9.17) is 0 Å². The quantitative estimate of drug-likeness (QED) is 0.549. The summed E-state index contributed by atoms with van der Waals surface area (Å²) in [6.07, 6.45) is 1.94. The third-order valence-electron chi connectivity index (χ3n) is 2.20. The second kappa shape index (κ2) is 3.80. The SMILES string of the molecule is CCC#CC1(O)CCCN(C)C1=O. The number of piperidine rings is 1. The van der Waals surface area contributed by atoms with E-state index >= 15 is 0 Å². The van der Waals surface area contributed by atoms with Gasteiger partial charge in [0, 0.05) is 20.0 Å². The van der Waals surface area contributed by atoms with E-state index in [1.54, 1.807) is 7.05 Å². The van der Waals surface area contributed by atoms with Gasteiger partial charge in [-0.1, -0.05) is 12.8 Å². The van der Waals surface area contributed by atoms with E-state index in [1.165, 1.54) is 4.90 Å². The molecule has 13 heavy (non-hydrogen) atoms. The summed E-state index contributed by atoms with van der Waals surface area (Å²) in [4.78, 5) is 13.1. The Kier molecular flexibility index (Phi) is 2.94. The van der Waals surface area contributed by atoms with Crippen LogP contribution in [0.4, 0.5) is 0 Å². The molecule has 1 amide bonds. The summed E-state index contributed by atoms with van der Waals surface area (Å²) in [5, 5.41) is 9.88. The van der Waals surface area contributed by atoms with Crippen molar-refractivity contribution in [3.63, 3.8) is 0 Å². The molecule has 72 valence electrons. The Hall–Kier alpha value is -1.01. The van der Waals surface area contributed by atoms with Crippen molar-refractivity contribution in [1.29, 1.82) is 0 Å². The van der Waals surface area contributed by atoms with E-state index < -0.39 is 5.60 Å². The van der Waals surface area contributed by atoms with Gasteiger partial charge in [-0.05, 0) is 12.8 Å². The smallest absolute Gasteiger partial charge is 0.266 e. The van der Waals surface area contributed by atoms with Crippen LogP contribution in [0.15, 0.2) is 0 Å². The molecule has 1 rings (SSSR count). The van der Waals surface area contributed by atoms with E-state index in [2.05, 4.69) is 11.8 Å². The summed E-state index contributed by atoms with van der Waals surface area (Å²) in [5.74, 6) is 5.14. The third kappa shape index (κ3) is 2.02. The van der Waals surface area contributed by atoms with E-state index in [-0.39, 0.29) is 5.91 Å². The molecule has 0 bridgehead atoms. The fraction of sp³-hybridized carbons (Fsp3) is 0.700. The molecule has 1 heterocycles. The van der Waals surface area contributed by atoms with Crippen LogP contribution < -0.4 is 0 Å². The van der Waals surface area contributed by atoms with Crippen LogP contribution in [-0.4, -0.2) is 35.1 Å². The average molecular weight is 181 g/mol. The minimum atomic E-state index is -1.41. The van der Waals surface area contributed by atoms with Crippen LogP contribution >= 0.6 is 0 Å². The molecule has 1 fully saturated rings. The van der Waals surface area contributed by atoms with Crippen LogP contribution in [0.25, 0.3) is 0 Å². The van der Waals surface area contributed by atoms with Gasteiger partial charge in [0.25, 0.3) is 5.91 Å². The molecule has 0 saturated carbocycles. The largest absolute Gasteiger partial charge is 0.369 e. The summed E-state index contributed by atoms with van der Waals surface area (Å²) in [7, 11) is 1.69. The van der Waals surface area contributed by atoms with E-state index in [0.29, 0.717) is 12.8 Å². The van der Waals surface area contributed by atoms with Crippen LogP contribution in [0.2, 0.25) is 0 Å². The Morgan fingerprint density at radius 1 is 1.69 bits per heavy atom. The monoisotopic (exact) mass is 181 g/mol. The summed E-state index contributed by atoms with van der Waals surface area (Å²) < 4.78 is 0. The second-order valence-corrected chi connectivity index (χ2v) is 3.35. The van der Waals surface area contributed by atoms with Crippen molar-refractivity contribution in [3.8, 4) is 11.8 Å². The first kappa shape index (κ1) is 10.1. The van der Waals surface area contributed by atoms with Crippen molar-refractivity contribution in [2.75, 3.05) is 13.6 Å². The minimum absolute atomic E-state index is 0.264. The molecule has 3 heteroatoms. The van der Waals surface area contributed by atoms with Gasteiger partial charge in [0.2, 0.25) is 5.60 Å². The molecule has 0 radical (unpaired) electrons. The molecule has 0 aromatic carbocycles. The van der Waals surface area contributed by atoms with Crippen LogP contribution in [0.1, 0.15) is 26.2 Å². The molecule has 0 aromatic rings. The van der Waals surface area contributed by atoms with Crippen LogP contribution in [-0.2, 0) is 4.79 Å². The predicted octanol–water partition coefficient (Wildman–Crippen LogP) is 0.383. The van der Waals surface area contributed by atoms with Crippen LogP contribution in [0, 0.1) is 11.8 Å². The summed E-state index contributed by atoms with van der Waals surface area (Å²) in [6, 6.07) is 0. The Bertz CT molecular complexity index is 264. The first-order chi connectivity index (χ1) is 6.10. The standard InChI is InChI=1S/C10H15NO2/c1-3-4-6-10(13)7-5-8-11(2)9(10)12/h13H,3,5,7-8H2,1-2H3. The van der Waals surface area contributed by atoms with Gasteiger partial charge in [0.05, 0.1) is 0 Å². The lowest BCUT2D eigenvalue weighted by Crippen LogP contribution is -2.51. The van der Waals surface area contributed by atoms with Gasteiger partial charge in [0.1, 0.15) is 0 Å². The lowest BCUT2D eigenvalue weighted by Gasteiger charge is -2.32. The number of likely N-dealkylation sites (tertiary alicyclic amines) is 1. The summed E-state index contributed by atoms with van der Waals surface area (Å²) in [5.41, 5.74) is -1.41. The maximum absolute atomic E-state index is 11.5. The van der Waals surface area contributed by atoms with Crippen molar-refractivity contribution >= 4 is 5.91 Å². The van der Waals surface area contributed by atoms with E-state index in [0.717, 1.165) is 13.0 Å². The highest BCUT2D eigenvalue weighted by molar-refractivity contribution is 5.89. The van der Waals surface area contributed by atoms with Gasteiger partial charge < -0.3 is 10.0 Å². The predicted molar refractivity (Wildman–Crippen MR) is 49.9 cm³/mol. The molecule has 0 aliphatic carbocycles. The maximum Gasteiger partial charge on any atom is 0.266 e. The molecular formula is C10H15NO2. The fourth-order valence-corrected chi connectivity index (χ4v) is 1.45. The zero-order valence-corrected chi connectivity index (χ0v) is 8.13. The fourth-order valence-electron chi connectivity index (χ4n) is 1.45. The Labute approximate surface area is 78.7 Å². The highest BCUT2D eigenvalue weighted by atomic mass is 16.3. The molecule has 1 saturated heterocycles. The zero-order valence-electron chi connectivity index (χ0n) is 8.13. The Morgan fingerprint density at radius 2 is 2.38 bits per heavy atom. The Balaban J connectivity index is 2.81. The molecule has 1 aliphatic heterocycles. The lowest BCUT2D eigenvalue weighted by molar-refractivity contribution is -0.148. The van der Waals surface area contributed by atoms with Crippen LogP contribution in [0.3, 0.4) is 0 Å². The first-order valence-corrected chi connectivity index (χ1v) is 4.58. The molecule has 1 N–H and O–H groups in total. The van der Waals surface area contributed by atoms with Crippen molar-refractivity contribution in [2.24, 2.45) is 0 Å². The van der Waals surface area contributed by atoms with E-state index in [9.17, 15) is 9.90 Å². The molecule has 1 aliphatic rings. The van der Waals surface area contributed by atoms with Crippen molar-refractivity contribution in [2.45, 2.75) is 31.8 Å². The normalized spacial score (nSPS) is 28.2. The highest BCUT2D eigenvalue weighted by Gasteiger charge is 2.39. The number of likely N-dealkylation sites (N-methyl/N-ethyl adjacent to an activating group) is 1. The van der Waals surface area contributed by atoms with E-state index in [1.807, 2.05) is 6.92 Å². The van der Waals surface area contributed by atoms with Crippen molar-refractivity contribution in [3.05, 3.63) is 0 Å². The number of hydrogen-bond acceptors (Lipinski definition) is 2. The highest BCUT2D eigenvalue weighted by Crippen LogP contribution is 2.20. The average Bonchev–Trinajstić information content (AvgIpc) is 2.11. The number of nitrogens with zero attached hydrogens (tertiary/aromatic N) is 1. The van der Waals surface area contributed by atoms with Crippen molar-refractivity contribution < 1.29 is 9.90 Å². The number of carbonyl (C=O) groups excluding carboxylic acids is 1. The topological polar surface area (TPSA) is 40.5 Å². The second-order valence-electron chi connectivity index (χ2n) is 3.35. The number of aliphatic hydroxyl groups is 1. The molecule has 0 aromatic heterocycles. The van der Waals surface area contributed by atoms with Gasteiger partial charge in [-0.25, -0.2) is 0 Å². The molecule has 1 unspecified atom stereocenters. The summed E-state index contributed by atoms with van der Waals surface area (Å²) >= 11 is 0. The number of amides is 1. The molecule has 1 atom stereocenters. The first-order valence-electron chi connectivity index (χ1n) is 4.58. The van der Waals surface area contributed by atoms with Gasteiger partial charge in [-0.15, -0.1) is 5.92 Å². The third-order valence-corrected chi connectivity index (χ3v) is 2.20. The number of carbonyl (C=O) groups is 1. The van der Waals surface area contributed by atoms with Gasteiger partial charge in [-0.2, -0.15) is 0 Å². The molecule has 3 nitrogen and oxygen atoms in total. The van der Waals surface area contributed by atoms with Gasteiger partial charge >= 0.3 is 0 Å². The maximum atomic E-state index is 11.5. The van der Waals surface area contributed by atoms with Gasteiger partial charge in [-0.3, -0.25) is 4.79 Å². The molecule has 0 spiro atoms. The Morgan fingerprint density at radius 3 is 3.00 bits per heavy atom. The number of rotatable bonds is 0. The zero-order chi connectivity index (χ0) is 9.90. The molecular weight excluding hydrogens is 166 g/mol. The minimum Gasteiger partial charge on any atom is -0.369 e. The van der Waals surface area contributed by atoms with Crippen molar-refractivity contribution in [1.82, 2.24) is 4.90 Å². The summed E-state index contributed by atoms with van der Waals surface area (Å²) in [6.45, 7) is 2.61. The lowest BCUT2D eigenvalue weighted by atomic mass is 9.93. The van der Waals surface area contributed by atoms with Crippen LogP contribution in [0.5, 0.6) is 0 Å². The number of hydrogen-bond donors (Lipinski definition) is 1.